The number of nitrogens with zero attached hydrogens (tertiary/aromatic N) is 1. The van der Waals surface area contributed by atoms with E-state index in [2.05, 4.69) is 4.98 Å². The first-order valence-corrected chi connectivity index (χ1v) is 9.15. The van der Waals surface area contributed by atoms with Gasteiger partial charge in [0.2, 0.25) is 10.0 Å². The SMILES string of the molecule is CC(C)S(=O)(=O)N1CCC(c2c[nH]c3cc(F)ccc23)CC1. The van der Waals surface area contributed by atoms with Crippen molar-refractivity contribution in [2.45, 2.75) is 37.9 Å². The summed E-state index contributed by atoms with van der Waals surface area (Å²) in [6, 6.07) is 4.77. The molecule has 0 aliphatic carbocycles. The van der Waals surface area contributed by atoms with Crippen LogP contribution in [-0.2, 0) is 10.0 Å². The van der Waals surface area contributed by atoms with Crippen LogP contribution in [0.25, 0.3) is 10.9 Å². The van der Waals surface area contributed by atoms with E-state index in [4.69, 9.17) is 0 Å². The van der Waals surface area contributed by atoms with Crippen LogP contribution in [0.4, 0.5) is 4.39 Å². The lowest BCUT2D eigenvalue weighted by Crippen LogP contribution is -2.41. The van der Waals surface area contributed by atoms with E-state index < -0.39 is 10.0 Å². The minimum atomic E-state index is -3.16. The van der Waals surface area contributed by atoms with Crippen molar-refractivity contribution in [3.8, 4) is 0 Å². The number of aromatic nitrogens is 1. The molecular formula is C16H21FN2O2S. The number of piperidine rings is 1. The molecule has 1 N–H and O–H groups in total. The van der Waals surface area contributed by atoms with Gasteiger partial charge in [0, 0.05) is 30.2 Å². The van der Waals surface area contributed by atoms with Crippen LogP contribution in [0.2, 0.25) is 0 Å². The van der Waals surface area contributed by atoms with Gasteiger partial charge in [0.05, 0.1) is 5.25 Å². The molecule has 4 nitrogen and oxygen atoms in total. The molecule has 0 atom stereocenters. The highest BCUT2D eigenvalue weighted by atomic mass is 32.2. The molecule has 2 aromatic rings. The van der Waals surface area contributed by atoms with Crippen molar-refractivity contribution in [3.63, 3.8) is 0 Å². The van der Waals surface area contributed by atoms with Gasteiger partial charge in [-0.2, -0.15) is 0 Å². The van der Waals surface area contributed by atoms with Crippen LogP contribution in [0.5, 0.6) is 0 Å². The van der Waals surface area contributed by atoms with E-state index in [0.29, 0.717) is 19.0 Å². The molecule has 0 radical (unpaired) electrons. The van der Waals surface area contributed by atoms with Gasteiger partial charge in [0.25, 0.3) is 0 Å². The van der Waals surface area contributed by atoms with Crippen molar-refractivity contribution in [2.75, 3.05) is 13.1 Å². The van der Waals surface area contributed by atoms with E-state index >= 15 is 0 Å². The van der Waals surface area contributed by atoms with Crippen LogP contribution >= 0.6 is 0 Å². The second kappa shape index (κ2) is 5.66. The number of fused-ring (bicyclic) bond motifs is 1. The first-order chi connectivity index (χ1) is 10.4. The lowest BCUT2D eigenvalue weighted by molar-refractivity contribution is 0.318. The Hall–Kier alpha value is -1.40. The third kappa shape index (κ3) is 2.65. The van der Waals surface area contributed by atoms with E-state index in [1.165, 1.54) is 12.1 Å². The van der Waals surface area contributed by atoms with Crippen LogP contribution in [-0.4, -0.2) is 36.0 Å². The third-order valence-electron chi connectivity index (χ3n) is 4.53. The molecular weight excluding hydrogens is 303 g/mol. The van der Waals surface area contributed by atoms with E-state index in [9.17, 15) is 12.8 Å². The zero-order chi connectivity index (χ0) is 15.9. The summed E-state index contributed by atoms with van der Waals surface area (Å²) in [5, 5.41) is 0.659. The molecule has 0 bridgehead atoms. The highest BCUT2D eigenvalue weighted by Crippen LogP contribution is 2.34. The lowest BCUT2D eigenvalue weighted by Gasteiger charge is -2.32. The van der Waals surface area contributed by atoms with Gasteiger partial charge >= 0.3 is 0 Å². The average molecular weight is 324 g/mol. The quantitative estimate of drug-likeness (QED) is 0.942. The summed E-state index contributed by atoms with van der Waals surface area (Å²) in [5.74, 6) is 0.0663. The zero-order valence-corrected chi connectivity index (χ0v) is 13.7. The lowest BCUT2D eigenvalue weighted by atomic mass is 9.90. The van der Waals surface area contributed by atoms with E-state index in [-0.39, 0.29) is 11.1 Å². The molecule has 2 heterocycles. The second-order valence-electron chi connectivity index (χ2n) is 6.20. The Morgan fingerprint density at radius 1 is 1.27 bits per heavy atom. The van der Waals surface area contributed by atoms with Gasteiger partial charge < -0.3 is 4.98 Å². The highest BCUT2D eigenvalue weighted by molar-refractivity contribution is 7.89. The van der Waals surface area contributed by atoms with Gasteiger partial charge in [0.15, 0.2) is 0 Å². The van der Waals surface area contributed by atoms with Gasteiger partial charge in [-0.1, -0.05) is 0 Å². The molecule has 120 valence electrons. The molecule has 1 aliphatic heterocycles. The summed E-state index contributed by atoms with van der Waals surface area (Å²) < 4.78 is 39.3. The fourth-order valence-electron chi connectivity index (χ4n) is 3.18. The molecule has 22 heavy (non-hydrogen) atoms. The molecule has 1 aromatic heterocycles. The predicted octanol–water partition coefficient (Wildman–Crippen LogP) is 3.22. The minimum Gasteiger partial charge on any atom is -0.361 e. The fourth-order valence-corrected chi connectivity index (χ4v) is 4.49. The average Bonchev–Trinajstić information content (AvgIpc) is 2.90. The number of H-pyrrole nitrogens is 1. The second-order valence-corrected chi connectivity index (χ2v) is 8.69. The zero-order valence-electron chi connectivity index (χ0n) is 12.8. The van der Waals surface area contributed by atoms with Crippen LogP contribution in [0.3, 0.4) is 0 Å². The maximum absolute atomic E-state index is 13.3. The number of aromatic amines is 1. The Kier molecular flexibility index (Phi) is 3.99. The first-order valence-electron chi connectivity index (χ1n) is 7.65. The number of nitrogens with one attached hydrogen (secondary N) is 1. The monoisotopic (exact) mass is 324 g/mol. The van der Waals surface area contributed by atoms with Crippen molar-refractivity contribution >= 4 is 20.9 Å². The molecule has 3 rings (SSSR count). The van der Waals surface area contributed by atoms with Crippen molar-refractivity contribution in [2.24, 2.45) is 0 Å². The van der Waals surface area contributed by atoms with Crippen molar-refractivity contribution in [1.82, 2.24) is 9.29 Å². The summed E-state index contributed by atoms with van der Waals surface area (Å²) in [4.78, 5) is 3.11. The standard InChI is InChI=1S/C16H21FN2O2S/c1-11(2)22(20,21)19-7-5-12(6-8-19)15-10-18-16-9-13(17)3-4-14(15)16/h3-4,9-12,18H,5-8H2,1-2H3. The predicted molar refractivity (Wildman–Crippen MR) is 85.9 cm³/mol. The van der Waals surface area contributed by atoms with E-state index in [0.717, 1.165) is 29.3 Å². The van der Waals surface area contributed by atoms with Gasteiger partial charge in [-0.05, 0) is 56.4 Å². The van der Waals surface area contributed by atoms with Crippen LogP contribution in [0.15, 0.2) is 24.4 Å². The van der Waals surface area contributed by atoms with Crippen LogP contribution in [0, 0.1) is 5.82 Å². The Morgan fingerprint density at radius 3 is 2.59 bits per heavy atom. The van der Waals surface area contributed by atoms with Crippen LogP contribution in [0.1, 0.15) is 38.2 Å². The maximum atomic E-state index is 13.3. The highest BCUT2D eigenvalue weighted by Gasteiger charge is 2.31. The normalized spacial score (nSPS) is 18.4. The molecule has 0 amide bonds. The van der Waals surface area contributed by atoms with Crippen LogP contribution < -0.4 is 0 Å². The summed E-state index contributed by atoms with van der Waals surface area (Å²) in [6.07, 6.45) is 3.54. The van der Waals surface area contributed by atoms with Crippen molar-refractivity contribution in [1.29, 1.82) is 0 Å². The molecule has 1 saturated heterocycles. The number of halogens is 1. The summed E-state index contributed by atoms with van der Waals surface area (Å²) in [5.41, 5.74) is 1.96. The van der Waals surface area contributed by atoms with E-state index in [1.807, 2.05) is 6.20 Å². The number of hydrogen-bond acceptors (Lipinski definition) is 2. The summed E-state index contributed by atoms with van der Waals surface area (Å²) in [6.45, 7) is 4.55. The Labute approximate surface area is 130 Å². The molecule has 0 spiro atoms. The molecule has 0 saturated carbocycles. The number of rotatable bonds is 3. The molecule has 0 unspecified atom stereocenters. The maximum Gasteiger partial charge on any atom is 0.216 e. The number of benzene rings is 1. The number of hydrogen-bond donors (Lipinski definition) is 1. The fraction of sp³-hybridized carbons (Fsp3) is 0.500. The van der Waals surface area contributed by atoms with Gasteiger partial charge in [0.1, 0.15) is 5.82 Å². The van der Waals surface area contributed by atoms with Gasteiger partial charge in [-0.25, -0.2) is 17.1 Å². The van der Waals surface area contributed by atoms with E-state index in [1.54, 1.807) is 24.2 Å². The Morgan fingerprint density at radius 2 is 1.95 bits per heavy atom. The molecule has 1 aromatic carbocycles. The van der Waals surface area contributed by atoms with Gasteiger partial charge in [-0.15, -0.1) is 0 Å². The Bertz CT molecular complexity index is 775. The smallest absolute Gasteiger partial charge is 0.216 e. The van der Waals surface area contributed by atoms with Crippen molar-refractivity contribution < 1.29 is 12.8 Å². The Balaban J connectivity index is 1.79. The molecule has 1 aliphatic rings. The summed E-state index contributed by atoms with van der Waals surface area (Å²) in [7, 11) is -3.16. The summed E-state index contributed by atoms with van der Waals surface area (Å²) >= 11 is 0. The van der Waals surface area contributed by atoms with Gasteiger partial charge in [-0.3, -0.25) is 0 Å². The minimum absolute atomic E-state index is 0.251. The topological polar surface area (TPSA) is 53.2 Å². The first kappa shape index (κ1) is 15.5. The molecule has 6 heteroatoms. The third-order valence-corrected chi connectivity index (χ3v) is 6.80. The molecule has 1 fully saturated rings. The largest absolute Gasteiger partial charge is 0.361 e. The van der Waals surface area contributed by atoms with Crippen molar-refractivity contribution in [3.05, 3.63) is 35.8 Å². The number of sulfonamides is 1.